The highest BCUT2D eigenvalue weighted by atomic mass is 32.1. The van der Waals surface area contributed by atoms with E-state index in [2.05, 4.69) is 32.2 Å². The molecule has 5 heteroatoms. The van der Waals surface area contributed by atoms with E-state index in [-0.39, 0.29) is 6.04 Å². The summed E-state index contributed by atoms with van der Waals surface area (Å²) >= 11 is 1.72. The zero-order valence-electron chi connectivity index (χ0n) is 9.76. The molecule has 0 amide bonds. The van der Waals surface area contributed by atoms with Crippen LogP contribution in [0.4, 0.5) is 0 Å². The average molecular weight is 248 g/mol. The maximum atomic E-state index is 5.57. The van der Waals surface area contributed by atoms with Gasteiger partial charge in [0.05, 0.1) is 23.6 Å². The molecule has 2 aromatic rings. The van der Waals surface area contributed by atoms with E-state index in [1.54, 1.807) is 23.7 Å². The summed E-state index contributed by atoms with van der Waals surface area (Å²) in [7, 11) is 0. The smallest absolute Gasteiger partial charge is 0.0769 e. The Labute approximate surface area is 105 Å². The fraction of sp³-hybridized carbons (Fsp3) is 0.333. The van der Waals surface area contributed by atoms with Crippen molar-refractivity contribution in [2.24, 2.45) is 5.84 Å². The topological polar surface area (TPSA) is 63.8 Å². The number of aryl methyl sites for hydroxylation is 2. The highest BCUT2D eigenvalue weighted by Gasteiger charge is 2.11. The van der Waals surface area contributed by atoms with Crippen LogP contribution in [0.5, 0.6) is 0 Å². The SMILES string of the molecule is Cc1cnc(C(CCc2ccsc2)NN)cn1. The van der Waals surface area contributed by atoms with Crippen molar-refractivity contribution in [2.75, 3.05) is 0 Å². The van der Waals surface area contributed by atoms with E-state index in [1.165, 1.54) is 5.56 Å². The summed E-state index contributed by atoms with van der Waals surface area (Å²) in [6.45, 7) is 1.92. The zero-order chi connectivity index (χ0) is 12.1. The van der Waals surface area contributed by atoms with Crippen LogP contribution in [-0.2, 0) is 6.42 Å². The Balaban J connectivity index is 1.99. The van der Waals surface area contributed by atoms with E-state index in [0.29, 0.717) is 0 Å². The van der Waals surface area contributed by atoms with E-state index < -0.39 is 0 Å². The molecule has 0 radical (unpaired) electrons. The molecule has 0 aliphatic carbocycles. The van der Waals surface area contributed by atoms with Gasteiger partial charge in [0.15, 0.2) is 0 Å². The first-order valence-corrected chi connectivity index (χ1v) is 6.49. The van der Waals surface area contributed by atoms with Crippen molar-refractivity contribution in [2.45, 2.75) is 25.8 Å². The molecule has 1 atom stereocenters. The molecule has 4 nitrogen and oxygen atoms in total. The molecule has 0 aliphatic heterocycles. The maximum Gasteiger partial charge on any atom is 0.0769 e. The van der Waals surface area contributed by atoms with Crippen molar-refractivity contribution in [3.8, 4) is 0 Å². The molecule has 0 spiro atoms. The molecular weight excluding hydrogens is 232 g/mol. The lowest BCUT2D eigenvalue weighted by atomic mass is 10.1. The van der Waals surface area contributed by atoms with Crippen molar-refractivity contribution in [1.82, 2.24) is 15.4 Å². The van der Waals surface area contributed by atoms with Crippen molar-refractivity contribution in [3.05, 3.63) is 46.2 Å². The fourth-order valence-corrected chi connectivity index (χ4v) is 2.35. The first kappa shape index (κ1) is 12.2. The lowest BCUT2D eigenvalue weighted by molar-refractivity contribution is 0.502. The van der Waals surface area contributed by atoms with Gasteiger partial charge >= 0.3 is 0 Å². The van der Waals surface area contributed by atoms with E-state index in [1.807, 2.05) is 6.92 Å². The minimum Gasteiger partial charge on any atom is -0.271 e. The van der Waals surface area contributed by atoms with Crippen LogP contribution in [0.2, 0.25) is 0 Å². The van der Waals surface area contributed by atoms with Crippen LogP contribution >= 0.6 is 11.3 Å². The van der Waals surface area contributed by atoms with Crippen LogP contribution in [-0.4, -0.2) is 9.97 Å². The number of hydrogen-bond acceptors (Lipinski definition) is 5. The van der Waals surface area contributed by atoms with Gasteiger partial charge < -0.3 is 0 Å². The van der Waals surface area contributed by atoms with Gasteiger partial charge in [0, 0.05) is 6.20 Å². The van der Waals surface area contributed by atoms with Crippen LogP contribution in [0.25, 0.3) is 0 Å². The van der Waals surface area contributed by atoms with Gasteiger partial charge in [-0.25, -0.2) is 0 Å². The van der Waals surface area contributed by atoms with Gasteiger partial charge in [0.1, 0.15) is 0 Å². The minimum atomic E-state index is 0.0583. The first-order chi connectivity index (χ1) is 8.29. The lowest BCUT2D eigenvalue weighted by Crippen LogP contribution is -2.29. The molecule has 0 aliphatic rings. The number of hydrogen-bond donors (Lipinski definition) is 2. The molecule has 0 saturated carbocycles. The normalized spacial score (nSPS) is 12.6. The number of rotatable bonds is 5. The lowest BCUT2D eigenvalue weighted by Gasteiger charge is -2.14. The quantitative estimate of drug-likeness (QED) is 0.627. The number of nitrogens with one attached hydrogen (secondary N) is 1. The highest BCUT2D eigenvalue weighted by Crippen LogP contribution is 2.17. The monoisotopic (exact) mass is 248 g/mol. The number of thiophene rings is 1. The zero-order valence-corrected chi connectivity index (χ0v) is 10.6. The Morgan fingerprint density at radius 3 is 2.88 bits per heavy atom. The van der Waals surface area contributed by atoms with Crippen LogP contribution in [0, 0.1) is 6.92 Å². The second kappa shape index (κ2) is 5.86. The molecule has 2 rings (SSSR count). The molecule has 2 aromatic heterocycles. The summed E-state index contributed by atoms with van der Waals surface area (Å²) in [4.78, 5) is 8.58. The van der Waals surface area contributed by atoms with Gasteiger partial charge in [0.2, 0.25) is 0 Å². The molecule has 0 aromatic carbocycles. The van der Waals surface area contributed by atoms with Crippen molar-refractivity contribution < 1.29 is 0 Å². The largest absolute Gasteiger partial charge is 0.271 e. The summed E-state index contributed by atoms with van der Waals surface area (Å²) in [5.74, 6) is 5.57. The van der Waals surface area contributed by atoms with Gasteiger partial charge in [0.25, 0.3) is 0 Å². The van der Waals surface area contributed by atoms with Gasteiger partial charge in [-0.1, -0.05) is 0 Å². The number of hydrazine groups is 1. The molecule has 0 bridgehead atoms. The summed E-state index contributed by atoms with van der Waals surface area (Å²) in [6, 6.07) is 2.20. The van der Waals surface area contributed by atoms with Gasteiger partial charge in [-0.2, -0.15) is 11.3 Å². The third-order valence-corrected chi connectivity index (χ3v) is 3.39. The Kier molecular flexibility index (Phi) is 4.19. The molecule has 17 heavy (non-hydrogen) atoms. The molecule has 0 fully saturated rings. The van der Waals surface area contributed by atoms with Crippen LogP contribution in [0.15, 0.2) is 29.2 Å². The molecule has 90 valence electrons. The molecule has 3 N–H and O–H groups in total. The molecule has 1 unspecified atom stereocenters. The van der Waals surface area contributed by atoms with E-state index in [4.69, 9.17) is 5.84 Å². The standard InChI is InChI=1S/C12H16N4S/c1-9-6-15-12(7-14-9)11(16-13)3-2-10-4-5-17-8-10/h4-8,11,16H,2-3,13H2,1H3. The number of nitrogens with zero attached hydrogens (tertiary/aromatic N) is 2. The van der Waals surface area contributed by atoms with E-state index >= 15 is 0 Å². The summed E-state index contributed by atoms with van der Waals surface area (Å²) in [5, 5.41) is 4.25. The second-order valence-electron chi connectivity index (χ2n) is 3.97. The third kappa shape index (κ3) is 3.33. The van der Waals surface area contributed by atoms with Crippen molar-refractivity contribution in [3.63, 3.8) is 0 Å². The fourth-order valence-electron chi connectivity index (χ4n) is 1.65. The predicted molar refractivity (Wildman–Crippen MR) is 69.5 cm³/mol. The van der Waals surface area contributed by atoms with E-state index in [0.717, 1.165) is 24.2 Å². The molecule has 2 heterocycles. The first-order valence-electron chi connectivity index (χ1n) is 5.55. The van der Waals surface area contributed by atoms with Crippen LogP contribution in [0.1, 0.15) is 29.4 Å². The van der Waals surface area contributed by atoms with Gasteiger partial charge in [-0.3, -0.25) is 21.2 Å². The van der Waals surface area contributed by atoms with Crippen molar-refractivity contribution in [1.29, 1.82) is 0 Å². The summed E-state index contributed by atoms with van der Waals surface area (Å²) < 4.78 is 0. The molecule has 0 saturated heterocycles. The highest BCUT2D eigenvalue weighted by molar-refractivity contribution is 7.07. The minimum absolute atomic E-state index is 0.0583. The second-order valence-corrected chi connectivity index (χ2v) is 4.75. The summed E-state index contributed by atoms with van der Waals surface area (Å²) in [5.41, 5.74) is 5.96. The average Bonchev–Trinajstić information content (AvgIpc) is 2.85. The maximum absolute atomic E-state index is 5.57. The summed E-state index contributed by atoms with van der Waals surface area (Å²) in [6.07, 6.45) is 5.47. The Bertz CT molecular complexity index is 438. The Morgan fingerprint density at radius 1 is 1.41 bits per heavy atom. The third-order valence-electron chi connectivity index (χ3n) is 2.66. The van der Waals surface area contributed by atoms with Crippen LogP contribution in [0.3, 0.4) is 0 Å². The van der Waals surface area contributed by atoms with Gasteiger partial charge in [-0.15, -0.1) is 0 Å². The molecular formula is C12H16N4S. The van der Waals surface area contributed by atoms with Crippen molar-refractivity contribution >= 4 is 11.3 Å². The number of aromatic nitrogens is 2. The Hall–Kier alpha value is -1.30. The number of nitrogens with two attached hydrogens (primary N) is 1. The van der Waals surface area contributed by atoms with E-state index in [9.17, 15) is 0 Å². The van der Waals surface area contributed by atoms with Crippen LogP contribution < -0.4 is 11.3 Å². The predicted octanol–water partition coefficient (Wildman–Crippen LogP) is 1.98. The van der Waals surface area contributed by atoms with Gasteiger partial charge in [-0.05, 0) is 42.2 Å². The Morgan fingerprint density at radius 2 is 2.29 bits per heavy atom.